The number of rotatable bonds is 3. The number of aromatic amines is 1. The number of amides is 1. The van der Waals surface area contributed by atoms with Gasteiger partial charge < -0.3 is 14.5 Å². The monoisotopic (exact) mass is 380 g/mol. The maximum atomic E-state index is 11.7. The quantitative estimate of drug-likeness (QED) is 0.624. The number of carbonyl (C=O) groups is 2. The number of hydrogen-bond donors (Lipinski definition) is 2. The molecule has 0 atom stereocenters. The van der Waals surface area contributed by atoms with E-state index in [9.17, 15) is 9.59 Å². The molecule has 0 aromatic carbocycles. The average Bonchev–Trinajstić information content (AvgIpc) is 2.58. The summed E-state index contributed by atoms with van der Waals surface area (Å²) in [7, 11) is 0. The highest BCUT2D eigenvalue weighted by Crippen LogP contribution is 2.24. The molecule has 19 heavy (non-hydrogen) atoms. The number of esters is 1. The van der Waals surface area contributed by atoms with Gasteiger partial charge in [0.15, 0.2) is 0 Å². The molecule has 7 heteroatoms. The molecule has 1 aromatic heterocycles. The van der Waals surface area contributed by atoms with Gasteiger partial charge in [0, 0.05) is 6.20 Å². The van der Waals surface area contributed by atoms with Crippen LogP contribution in [0.15, 0.2) is 6.20 Å². The van der Waals surface area contributed by atoms with E-state index in [4.69, 9.17) is 9.47 Å². The number of halogens is 1. The van der Waals surface area contributed by atoms with Gasteiger partial charge in [-0.15, -0.1) is 0 Å². The van der Waals surface area contributed by atoms with E-state index < -0.39 is 17.7 Å². The predicted molar refractivity (Wildman–Crippen MR) is 79.3 cm³/mol. The molecular formula is C12H17IN2O4. The summed E-state index contributed by atoms with van der Waals surface area (Å²) in [5.74, 6) is -0.517. The Morgan fingerprint density at radius 2 is 2.05 bits per heavy atom. The average molecular weight is 380 g/mol. The highest BCUT2D eigenvalue weighted by molar-refractivity contribution is 14.1. The van der Waals surface area contributed by atoms with Crippen LogP contribution in [0.4, 0.5) is 10.5 Å². The predicted octanol–water partition coefficient (Wildman–Crippen LogP) is 3.14. The van der Waals surface area contributed by atoms with Crippen LogP contribution in [0.3, 0.4) is 0 Å². The Labute approximate surface area is 125 Å². The molecule has 0 saturated heterocycles. The first-order valence-electron chi connectivity index (χ1n) is 5.78. The van der Waals surface area contributed by atoms with Gasteiger partial charge in [0.2, 0.25) is 0 Å². The van der Waals surface area contributed by atoms with Crippen molar-refractivity contribution < 1.29 is 19.1 Å². The second kappa shape index (κ2) is 6.27. The van der Waals surface area contributed by atoms with E-state index in [1.807, 2.05) is 22.6 Å². The smallest absolute Gasteiger partial charge is 0.412 e. The molecule has 1 amide bonds. The molecule has 0 aliphatic carbocycles. The number of nitrogens with one attached hydrogen (secondary N) is 2. The van der Waals surface area contributed by atoms with Gasteiger partial charge in [0.25, 0.3) is 0 Å². The topological polar surface area (TPSA) is 80.4 Å². The second-order valence-electron chi connectivity index (χ2n) is 4.73. The highest BCUT2D eigenvalue weighted by Gasteiger charge is 2.22. The lowest BCUT2D eigenvalue weighted by atomic mass is 10.2. The molecule has 0 spiro atoms. The Balaban J connectivity index is 2.86. The second-order valence-corrected chi connectivity index (χ2v) is 5.90. The van der Waals surface area contributed by atoms with Gasteiger partial charge in [-0.05, 0) is 50.3 Å². The van der Waals surface area contributed by atoms with Crippen molar-refractivity contribution in [1.82, 2.24) is 4.98 Å². The number of aromatic nitrogens is 1. The van der Waals surface area contributed by atoms with Crippen molar-refractivity contribution in [2.45, 2.75) is 33.3 Å². The van der Waals surface area contributed by atoms with Crippen LogP contribution in [0.2, 0.25) is 0 Å². The summed E-state index contributed by atoms with van der Waals surface area (Å²) in [6.07, 6.45) is 0.995. The van der Waals surface area contributed by atoms with Gasteiger partial charge in [-0.2, -0.15) is 0 Å². The van der Waals surface area contributed by atoms with E-state index in [0.717, 1.165) is 0 Å². The van der Waals surface area contributed by atoms with Crippen molar-refractivity contribution >= 4 is 40.3 Å². The number of carbonyl (C=O) groups excluding carboxylic acids is 2. The summed E-state index contributed by atoms with van der Waals surface area (Å²) in [6, 6.07) is 0. The molecule has 0 aliphatic rings. The van der Waals surface area contributed by atoms with Crippen molar-refractivity contribution in [2.75, 3.05) is 11.9 Å². The highest BCUT2D eigenvalue weighted by atomic mass is 127. The Hall–Kier alpha value is -1.25. The fourth-order valence-corrected chi connectivity index (χ4v) is 1.85. The van der Waals surface area contributed by atoms with E-state index in [1.165, 1.54) is 0 Å². The third-order valence-electron chi connectivity index (χ3n) is 1.94. The lowest BCUT2D eigenvalue weighted by molar-refractivity contribution is 0.0521. The minimum absolute atomic E-state index is 0.206. The summed E-state index contributed by atoms with van der Waals surface area (Å²) in [5.41, 5.74) is -0.0268. The summed E-state index contributed by atoms with van der Waals surface area (Å²) in [5, 5.41) is 2.55. The van der Waals surface area contributed by atoms with Crippen molar-refractivity contribution in [1.29, 1.82) is 0 Å². The fourth-order valence-electron chi connectivity index (χ4n) is 1.29. The normalized spacial score (nSPS) is 11.0. The molecule has 0 fully saturated rings. The molecule has 1 heterocycles. The zero-order chi connectivity index (χ0) is 14.6. The summed E-state index contributed by atoms with van der Waals surface area (Å²) in [6.45, 7) is 7.27. The van der Waals surface area contributed by atoms with Gasteiger partial charge in [0.05, 0.1) is 15.9 Å². The fraction of sp³-hybridized carbons (Fsp3) is 0.500. The van der Waals surface area contributed by atoms with E-state index in [0.29, 0.717) is 9.26 Å². The number of H-pyrrole nitrogens is 1. The molecule has 0 aliphatic heterocycles. The maximum absolute atomic E-state index is 11.7. The van der Waals surface area contributed by atoms with Crippen molar-refractivity contribution in [3.63, 3.8) is 0 Å². The first-order valence-corrected chi connectivity index (χ1v) is 6.86. The summed E-state index contributed by atoms with van der Waals surface area (Å²) >= 11 is 2.00. The van der Waals surface area contributed by atoms with Crippen molar-refractivity contribution in [3.05, 3.63) is 15.5 Å². The summed E-state index contributed by atoms with van der Waals surface area (Å²) in [4.78, 5) is 26.2. The van der Waals surface area contributed by atoms with Gasteiger partial charge in [-0.25, -0.2) is 9.59 Å². The minimum atomic E-state index is -0.615. The lowest BCUT2D eigenvalue weighted by Crippen LogP contribution is -2.28. The molecule has 1 aromatic rings. The third-order valence-corrected chi connectivity index (χ3v) is 2.79. The summed E-state index contributed by atoms with van der Waals surface area (Å²) < 4.78 is 10.7. The van der Waals surface area contributed by atoms with Crippen molar-refractivity contribution in [2.24, 2.45) is 0 Å². The van der Waals surface area contributed by atoms with Crippen LogP contribution in [0.1, 0.15) is 38.2 Å². The van der Waals surface area contributed by atoms with Crippen LogP contribution in [-0.2, 0) is 9.47 Å². The maximum Gasteiger partial charge on any atom is 0.412 e. The third kappa shape index (κ3) is 4.73. The molecule has 106 valence electrons. The zero-order valence-electron chi connectivity index (χ0n) is 11.3. The van der Waals surface area contributed by atoms with E-state index >= 15 is 0 Å². The van der Waals surface area contributed by atoms with E-state index in [-0.39, 0.29) is 12.3 Å². The van der Waals surface area contributed by atoms with E-state index in [2.05, 4.69) is 10.3 Å². The number of anilines is 1. The van der Waals surface area contributed by atoms with Gasteiger partial charge in [-0.3, -0.25) is 5.32 Å². The zero-order valence-corrected chi connectivity index (χ0v) is 13.5. The first kappa shape index (κ1) is 15.8. The molecule has 0 radical (unpaired) electrons. The SMILES string of the molecule is CCOC(=O)c1[nH]cc(I)c1NC(=O)OC(C)(C)C. The molecular weight excluding hydrogens is 363 g/mol. The Morgan fingerprint density at radius 1 is 1.42 bits per heavy atom. The van der Waals surface area contributed by atoms with Gasteiger partial charge in [0.1, 0.15) is 11.3 Å². The Bertz CT molecular complexity index is 477. The van der Waals surface area contributed by atoms with Crippen LogP contribution < -0.4 is 5.32 Å². The molecule has 1 rings (SSSR count). The largest absolute Gasteiger partial charge is 0.461 e. The molecule has 6 nitrogen and oxygen atoms in total. The number of hydrogen-bond acceptors (Lipinski definition) is 4. The molecule has 0 unspecified atom stereocenters. The standard InChI is InChI=1S/C12H17IN2O4/c1-5-18-10(16)9-8(7(13)6-14-9)15-11(17)19-12(2,3)4/h6,14H,5H2,1-4H3,(H,15,17). The molecule has 0 saturated carbocycles. The molecule has 0 bridgehead atoms. The van der Waals surface area contributed by atoms with Crippen LogP contribution in [0.5, 0.6) is 0 Å². The van der Waals surface area contributed by atoms with E-state index in [1.54, 1.807) is 33.9 Å². The molecule has 2 N–H and O–H groups in total. The lowest BCUT2D eigenvalue weighted by Gasteiger charge is -2.19. The minimum Gasteiger partial charge on any atom is -0.461 e. The first-order chi connectivity index (χ1) is 8.74. The number of ether oxygens (including phenoxy) is 2. The van der Waals surface area contributed by atoms with Crippen molar-refractivity contribution in [3.8, 4) is 0 Å². The van der Waals surface area contributed by atoms with Crippen LogP contribution in [0.25, 0.3) is 0 Å². The van der Waals surface area contributed by atoms with Gasteiger partial charge >= 0.3 is 12.1 Å². The van der Waals surface area contributed by atoms with Gasteiger partial charge in [-0.1, -0.05) is 0 Å². The Kier molecular flexibility index (Phi) is 5.21. The Morgan fingerprint density at radius 3 is 2.58 bits per heavy atom. The van der Waals surface area contributed by atoms with Crippen LogP contribution in [-0.4, -0.2) is 29.3 Å². The van der Waals surface area contributed by atoms with Crippen LogP contribution in [0, 0.1) is 3.57 Å². The van der Waals surface area contributed by atoms with Crippen LogP contribution >= 0.6 is 22.6 Å².